The van der Waals surface area contributed by atoms with Gasteiger partial charge in [-0.3, -0.25) is 0 Å². The molecule has 0 aromatic carbocycles. The highest BCUT2D eigenvalue weighted by molar-refractivity contribution is 5.51. The van der Waals surface area contributed by atoms with E-state index in [1.807, 2.05) is 19.1 Å². The molecule has 1 aliphatic rings. The van der Waals surface area contributed by atoms with Gasteiger partial charge in [-0.15, -0.1) is 0 Å². The van der Waals surface area contributed by atoms with Crippen LogP contribution in [0.5, 0.6) is 5.75 Å². The third-order valence-corrected chi connectivity index (χ3v) is 1.87. The number of anilines is 1. The van der Waals surface area contributed by atoms with Gasteiger partial charge in [-0.25, -0.2) is 4.98 Å². The van der Waals surface area contributed by atoms with Crippen molar-refractivity contribution >= 4 is 5.82 Å². The van der Waals surface area contributed by atoms with E-state index in [1.54, 1.807) is 0 Å². The lowest BCUT2D eigenvalue weighted by Gasteiger charge is -2.06. The van der Waals surface area contributed by atoms with E-state index >= 15 is 0 Å². The van der Waals surface area contributed by atoms with E-state index in [-0.39, 0.29) is 0 Å². The SMILES string of the molecule is Cc1ccc2c(n1)NCCCO2. The summed E-state index contributed by atoms with van der Waals surface area (Å²) >= 11 is 0. The first-order chi connectivity index (χ1) is 5.86. The predicted molar refractivity (Wildman–Crippen MR) is 47.6 cm³/mol. The molecule has 1 N–H and O–H groups in total. The zero-order valence-corrected chi connectivity index (χ0v) is 7.13. The molecule has 0 bridgehead atoms. The van der Waals surface area contributed by atoms with Crippen molar-refractivity contribution in [3.63, 3.8) is 0 Å². The second kappa shape index (κ2) is 3.01. The molecule has 64 valence electrons. The van der Waals surface area contributed by atoms with Crippen LogP contribution in [0.15, 0.2) is 12.1 Å². The Kier molecular flexibility index (Phi) is 1.86. The molecule has 0 amide bonds. The fraction of sp³-hybridized carbons (Fsp3) is 0.444. The third kappa shape index (κ3) is 1.35. The third-order valence-electron chi connectivity index (χ3n) is 1.87. The van der Waals surface area contributed by atoms with Crippen LogP contribution in [0, 0.1) is 6.92 Å². The van der Waals surface area contributed by atoms with Crippen molar-refractivity contribution in [1.29, 1.82) is 0 Å². The van der Waals surface area contributed by atoms with E-state index in [4.69, 9.17) is 4.74 Å². The number of aryl methyl sites for hydroxylation is 1. The molecule has 3 nitrogen and oxygen atoms in total. The summed E-state index contributed by atoms with van der Waals surface area (Å²) in [5.41, 5.74) is 1.02. The summed E-state index contributed by atoms with van der Waals surface area (Å²) in [4.78, 5) is 4.34. The van der Waals surface area contributed by atoms with E-state index in [1.165, 1.54) is 0 Å². The van der Waals surface area contributed by atoms with Crippen molar-refractivity contribution in [1.82, 2.24) is 4.98 Å². The van der Waals surface area contributed by atoms with Crippen LogP contribution in [0.1, 0.15) is 12.1 Å². The number of pyridine rings is 1. The highest BCUT2D eigenvalue weighted by Gasteiger charge is 2.08. The minimum atomic E-state index is 0.782. The lowest BCUT2D eigenvalue weighted by Crippen LogP contribution is -2.01. The molecule has 0 radical (unpaired) electrons. The Labute approximate surface area is 71.8 Å². The van der Waals surface area contributed by atoms with Crippen LogP contribution in [0.25, 0.3) is 0 Å². The maximum Gasteiger partial charge on any atom is 0.169 e. The molecule has 3 heteroatoms. The molecule has 1 aromatic heterocycles. The first kappa shape index (κ1) is 7.40. The molecular formula is C9H12N2O. The van der Waals surface area contributed by atoms with Crippen LogP contribution < -0.4 is 10.1 Å². The van der Waals surface area contributed by atoms with Crippen molar-refractivity contribution in [3.8, 4) is 5.75 Å². The van der Waals surface area contributed by atoms with Crippen molar-refractivity contribution < 1.29 is 4.74 Å². The fourth-order valence-corrected chi connectivity index (χ4v) is 1.25. The Balaban J connectivity index is 2.36. The molecule has 0 spiro atoms. The molecule has 0 unspecified atom stereocenters. The zero-order chi connectivity index (χ0) is 8.39. The van der Waals surface area contributed by atoms with Gasteiger partial charge in [0.25, 0.3) is 0 Å². The van der Waals surface area contributed by atoms with E-state index in [9.17, 15) is 0 Å². The Bertz CT molecular complexity index is 286. The molecule has 0 atom stereocenters. The van der Waals surface area contributed by atoms with E-state index in [0.717, 1.165) is 36.8 Å². The van der Waals surface area contributed by atoms with Crippen molar-refractivity contribution in [3.05, 3.63) is 17.8 Å². The molecule has 2 heterocycles. The minimum Gasteiger partial charge on any atom is -0.490 e. The monoisotopic (exact) mass is 164 g/mol. The predicted octanol–water partition coefficient (Wildman–Crippen LogP) is 1.58. The van der Waals surface area contributed by atoms with Gasteiger partial charge in [0.15, 0.2) is 11.6 Å². The van der Waals surface area contributed by atoms with Gasteiger partial charge in [0.1, 0.15) is 0 Å². The van der Waals surface area contributed by atoms with Gasteiger partial charge in [-0.1, -0.05) is 0 Å². The van der Waals surface area contributed by atoms with Gasteiger partial charge in [0.05, 0.1) is 6.61 Å². The van der Waals surface area contributed by atoms with Crippen molar-refractivity contribution in [2.45, 2.75) is 13.3 Å². The molecule has 0 saturated carbocycles. The Hall–Kier alpha value is -1.25. The second-order valence-electron chi connectivity index (χ2n) is 2.93. The Morgan fingerprint density at radius 2 is 2.42 bits per heavy atom. The largest absolute Gasteiger partial charge is 0.490 e. The number of hydrogen-bond donors (Lipinski definition) is 1. The molecule has 2 rings (SSSR count). The average Bonchev–Trinajstić information content (AvgIpc) is 2.28. The number of rotatable bonds is 0. The molecule has 1 aromatic rings. The Morgan fingerprint density at radius 3 is 3.33 bits per heavy atom. The van der Waals surface area contributed by atoms with Crippen LogP contribution in [0.2, 0.25) is 0 Å². The van der Waals surface area contributed by atoms with Gasteiger partial charge in [-0.05, 0) is 25.5 Å². The number of ether oxygens (including phenoxy) is 1. The standard InChI is InChI=1S/C9H12N2O/c1-7-3-4-8-9(11-7)10-5-2-6-12-8/h3-4H,2,5-6H2,1H3,(H,10,11). The van der Waals surface area contributed by atoms with Crippen LogP contribution in [0.3, 0.4) is 0 Å². The van der Waals surface area contributed by atoms with Gasteiger partial charge < -0.3 is 10.1 Å². The molecule has 0 aliphatic carbocycles. The van der Waals surface area contributed by atoms with E-state index < -0.39 is 0 Å². The maximum absolute atomic E-state index is 5.48. The minimum absolute atomic E-state index is 0.782. The molecule has 1 aliphatic heterocycles. The first-order valence-electron chi connectivity index (χ1n) is 4.20. The van der Waals surface area contributed by atoms with Crippen LogP contribution in [-0.2, 0) is 0 Å². The maximum atomic E-state index is 5.48. The summed E-state index contributed by atoms with van der Waals surface area (Å²) in [6, 6.07) is 3.93. The second-order valence-corrected chi connectivity index (χ2v) is 2.93. The van der Waals surface area contributed by atoms with Gasteiger partial charge in [0, 0.05) is 12.2 Å². The summed E-state index contributed by atoms with van der Waals surface area (Å²) in [5.74, 6) is 1.76. The summed E-state index contributed by atoms with van der Waals surface area (Å²) < 4.78 is 5.48. The van der Waals surface area contributed by atoms with Gasteiger partial charge in [-0.2, -0.15) is 0 Å². The zero-order valence-electron chi connectivity index (χ0n) is 7.13. The summed E-state index contributed by atoms with van der Waals surface area (Å²) in [7, 11) is 0. The summed E-state index contributed by atoms with van der Waals surface area (Å²) in [5, 5.41) is 3.23. The lowest BCUT2D eigenvalue weighted by atomic mass is 10.3. The van der Waals surface area contributed by atoms with Crippen molar-refractivity contribution in [2.24, 2.45) is 0 Å². The number of fused-ring (bicyclic) bond motifs is 1. The van der Waals surface area contributed by atoms with Crippen LogP contribution in [0.4, 0.5) is 5.82 Å². The van der Waals surface area contributed by atoms with Gasteiger partial charge >= 0.3 is 0 Å². The highest BCUT2D eigenvalue weighted by atomic mass is 16.5. The van der Waals surface area contributed by atoms with E-state index in [0.29, 0.717) is 0 Å². The molecule has 12 heavy (non-hydrogen) atoms. The summed E-state index contributed by atoms with van der Waals surface area (Å²) in [6.07, 6.45) is 1.04. The number of aromatic nitrogens is 1. The lowest BCUT2D eigenvalue weighted by molar-refractivity contribution is 0.322. The van der Waals surface area contributed by atoms with Crippen LogP contribution >= 0.6 is 0 Å². The smallest absolute Gasteiger partial charge is 0.169 e. The molecule has 0 saturated heterocycles. The highest BCUT2D eigenvalue weighted by Crippen LogP contribution is 2.23. The number of nitrogens with one attached hydrogen (secondary N) is 1. The number of hydrogen-bond acceptors (Lipinski definition) is 3. The topological polar surface area (TPSA) is 34.2 Å². The fourth-order valence-electron chi connectivity index (χ4n) is 1.25. The normalized spacial score (nSPS) is 15.4. The summed E-state index contributed by atoms with van der Waals surface area (Å²) in [6.45, 7) is 3.71. The molecule has 0 fully saturated rings. The van der Waals surface area contributed by atoms with Crippen molar-refractivity contribution in [2.75, 3.05) is 18.5 Å². The average molecular weight is 164 g/mol. The first-order valence-corrected chi connectivity index (χ1v) is 4.20. The number of nitrogens with zero attached hydrogens (tertiary/aromatic N) is 1. The van der Waals surface area contributed by atoms with Gasteiger partial charge in [0.2, 0.25) is 0 Å². The Morgan fingerprint density at radius 1 is 1.50 bits per heavy atom. The van der Waals surface area contributed by atoms with Crippen LogP contribution in [-0.4, -0.2) is 18.1 Å². The quantitative estimate of drug-likeness (QED) is 0.632. The van der Waals surface area contributed by atoms with E-state index in [2.05, 4.69) is 10.3 Å². The molecular weight excluding hydrogens is 152 g/mol.